The molecule has 3 aromatic heterocycles. The van der Waals surface area contributed by atoms with Crippen LogP contribution in [-0.4, -0.2) is 25.4 Å². The summed E-state index contributed by atoms with van der Waals surface area (Å²) in [7, 11) is 0. The number of hydrogen-bond donors (Lipinski definition) is 4. The van der Waals surface area contributed by atoms with Crippen molar-refractivity contribution in [1.82, 2.24) is 25.4 Å². The number of H-pyrrole nitrogens is 2. The van der Waals surface area contributed by atoms with E-state index in [1.54, 1.807) is 0 Å². The second-order valence-corrected chi connectivity index (χ2v) is 5.49. The van der Waals surface area contributed by atoms with Crippen LogP contribution in [0.25, 0.3) is 11.4 Å². The summed E-state index contributed by atoms with van der Waals surface area (Å²) in [6, 6.07) is 9.46. The van der Waals surface area contributed by atoms with E-state index >= 15 is 0 Å². The number of hydrogen-bond acceptors (Lipinski definition) is 5. The molecule has 0 aromatic carbocycles. The van der Waals surface area contributed by atoms with E-state index in [1.807, 2.05) is 44.2 Å². The second kappa shape index (κ2) is 6.41. The molecule has 0 fully saturated rings. The molecule has 7 nitrogen and oxygen atoms in total. The van der Waals surface area contributed by atoms with Crippen LogP contribution in [0, 0.1) is 13.8 Å². The van der Waals surface area contributed by atoms with Crippen molar-refractivity contribution in [2.45, 2.75) is 13.8 Å². The summed E-state index contributed by atoms with van der Waals surface area (Å²) in [5.74, 6) is 1.40. The molecule has 0 aliphatic carbocycles. The summed E-state index contributed by atoms with van der Waals surface area (Å²) in [4.78, 5) is 4.58. The lowest BCUT2D eigenvalue weighted by molar-refractivity contribution is 1.05. The average Bonchev–Trinajstić information content (AvgIpc) is 3.15. The van der Waals surface area contributed by atoms with Gasteiger partial charge in [-0.2, -0.15) is 10.2 Å². The van der Waals surface area contributed by atoms with E-state index in [4.69, 9.17) is 0 Å². The third kappa shape index (κ3) is 3.52. The molecule has 0 amide bonds. The van der Waals surface area contributed by atoms with Crippen molar-refractivity contribution in [2.24, 2.45) is 0 Å². The normalized spacial score (nSPS) is 10.4. The van der Waals surface area contributed by atoms with E-state index in [0.717, 1.165) is 11.4 Å². The number of rotatable bonds is 6. The molecule has 0 unspecified atom stereocenters. The number of nitrogens with one attached hydrogen (secondary N) is 4. The number of aromatic amines is 2. The molecule has 0 bridgehead atoms. The van der Waals surface area contributed by atoms with Gasteiger partial charge in [-0.3, -0.25) is 10.2 Å². The lowest BCUT2D eigenvalue weighted by Gasteiger charge is -2.10. The van der Waals surface area contributed by atoms with Gasteiger partial charge in [-0.1, -0.05) is 19.2 Å². The topological polar surface area (TPSA) is 94.3 Å². The smallest absolute Gasteiger partial charge is 0.152 e. The highest BCUT2D eigenvalue weighted by Gasteiger charge is 2.08. The molecule has 3 heterocycles. The van der Waals surface area contributed by atoms with Crippen LogP contribution in [0.5, 0.6) is 0 Å². The fraction of sp³-hybridized carbons (Fsp3) is 0.118. The Bertz CT molecular complexity index is 818. The number of nitrogens with zero attached hydrogens (tertiary/aromatic N) is 3. The van der Waals surface area contributed by atoms with Gasteiger partial charge in [-0.05, 0) is 26.0 Å². The van der Waals surface area contributed by atoms with Crippen molar-refractivity contribution < 1.29 is 0 Å². The minimum atomic E-state index is 0.659. The SMILES string of the molecule is C=C(Nc1cc(C)[nH]n1)c1cccc(C(=C)Nc2cc(C)[nH]n2)n1. The monoisotopic (exact) mass is 321 g/mol. The summed E-state index contributed by atoms with van der Waals surface area (Å²) in [5, 5.41) is 20.3. The second-order valence-electron chi connectivity index (χ2n) is 5.49. The van der Waals surface area contributed by atoms with Crippen LogP contribution in [0.3, 0.4) is 0 Å². The minimum Gasteiger partial charge on any atom is -0.337 e. The molecule has 0 saturated carbocycles. The predicted octanol–water partition coefficient (Wildman–Crippen LogP) is 3.31. The molecule has 4 N–H and O–H groups in total. The Labute approximate surface area is 139 Å². The van der Waals surface area contributed by atoms with Gasteiger partial charge in [-0.25, -0.2) is 4.98 Å². The van der Waals surface area contributed by atoms with Crippen LogP contribution in [0.4, 0.5) is 11.6 Å². The van der Waals surface area contributed by atoms with Gasteiger partial charge in [0, 0.05) is 23.5 Å². The highest BCUT2D eigenvalue weighted by Crippen LogP contribution is 2.18. The molecule has 0 aliphatic heterocycles. The van der Waals surface area contributed by atoms with Crippen LogP contribution in [-0.2, 0) is 0 Å². The molecule has 7 heteroatoms. The molecule has 0 spiro atoms. The maximum atomic E-state index is 4.58. The summed E-state index contributed by atoms with van der Waals surface area (Å²) in [6.45, 7) is 11.9. The van der Waals surface area contributed by atoms with Gasteiger partial charge in [0.05, 0.1) is 22.8 Å². The molecule has 3 aromatic rings. The maximum Gasteiger partial charge on any atom is 0.152 e. The average molecular weight is 321 g/mol. The molecular weight excluding hydrogens is 302 g/mol. The molecular formula is C17H19N7. The number of pyridine rings is 1. The Morgan fingerprint density at radius 3 is 1.71 bits per heavy atom. The zero-order chi connectivity index (χ0) is 17.1. The van der Waals surface area contributed by atoms with E-state index in [2.05, 4.69) is 49.2 Å². The van der Waals surface area contributed by atoms with Crippen LogP contribution in [0.1, 0.15) is 22.8 Å². The first-order valence-corrected chi connectivity index (χ1v) is 7.45. The number of aryl methyl sites for hydroxylation is 2. The zero-order valence-corrected chi connectivity index (χ0v) is 13.6. The van der Waals surface area contributed by atoms with Crippen LogP contribution < -0.4 is 10.6 Å². The van der Waals surface area contributed by atoms with Crippen molar-refractivity contribution in [3.63, 3.8) is 0 Å². The van der Waals surface area contributed by atoms with Crippen molar-refractivity contribution in [3.8, 4) is 0 Å². The van der Waals surface area contributed by atoms with Gasteiger partial charge >= 0.3 is 0 Å². The van der Waals surface area contributed by atoms with Gasteiger partial charge in [0.1, 0.15) is 0 Å². The largest absolute Gasteiger partial charge is 0.337 e. The number of anilines is 2. The molecule has 0 saturated heterocycles. The third-order valence-corrected chi connectivity index (χ3v) is 3.34. The Hall–Kier alpha value is -3.35. The molecule has 122 valence electrons. The maximum absolute atomic E-state index is 4.58. The summed E-state index contributed by atoms with van der Waals surface area (Å²) < 4.78 is 0. The van der Waals surface area contributed by atoms with Crippen LogP contribution in [0.2, 0.25) is 0 Å². The molecule has 0 aliphatic rings. The Balaban J connectivity index is 1.73. The van der Waals surface area contributed by atoms with Gasteiger partial charge in [0.2, 0.25) is 0 Å². The summed E-state index contributed by atoms with van der Waals surface area (Å²) >= 11 is 0. The van der Waals surface area contributed by atoms with Crippen molar-refractivity contribution in [2.75, 3.05) is 10.6 Å². The van der Waals surface area contributed by atoms with Crippen molar-refractivity contribution >= 4 is 23.0 Å². The standard InChI is InChI=1S/C17H19N7/c1-10-8-16(23-21-10)18-12(3)14-6-5-7-15(20-14)13(4)19-17-9-11(2)22-24-17/h5-9H,3-4H2,1-2H3,(H2,18,21,23)(H2,19,22,24). The highest BCUT2D eigenvalue weighted by atomic mass is 15.2. The number of aromatic nitrogens is 5. The Morgan fingerprint density at radius 1 is 0.875 bits per heavy atom. The van der Waals surface area contributed by atoms with Crippen molar-refractivity contribution in [3.05, 3.63) is 66.3 Å². The minimum absolute atomic E-state index is 0.659. The van der Waals surface area contributed by atoms with Gasteiger partial charge in [0.25, 0.3) is 0 Å². The molecule has 24 heavy (non-hydrogen) atoms. The van der Waals surface area contributed by atoms with Crippen LogP contribution in [0.15, 0.2) is 43.5 Å². The lowest BCUT2D eigenvalue weighted by atomic mass is 10.2. The first-order chi connectivity index (χ1) is 11.5. The molecule has 3 rings (SSSR count). The van der Waals surface area contributed by atoms with E-state index in [1.165, 1.54) is 0 Å². The highest BCUT2D eigenvalue weighted by molar-refractivity contribution is 5.75. The van der Waals surface area contributed by atoms with Gasteiger partial charge in [0.15, 0.2) is 11.6 Å². The van der Waals surface area contributed by atoms with Crippen LogP contribution >= 0.6 is 0 Å². The Morgan fingerprint density at radius 2 is 1.33 bits per heavy atom. The lowest BCUT2D eigenvalue weighted by Crippen LogP contribution is -2.04. The molecule has 0 atom stereocenters. The van der Waals surface area contributed by atoms with E-state index in [9.17, 15) is 0 Å². The first-order valence-electron chi connectivity index (χ1n) is 7.45. The van der Waals surface area contributed by atoms with E-state index < -0.39 is 0 Å². The Kier molecular flexibility index (Phi) is 4.15. The van der Waals surface area contributed by atoms with E-state index in [-0.39, 0.29) is 0 Å². The first kappa shape index (κ1) is 15.5. The van der Waals surface area contributed by atoms with Gasteiger partial charge in [-0.15, -0.1) is 0 Å². The van der Waals surface area contributed by atoms with Gasteiger partial charge < -0.3 is 10.6 Å². The summed E-state index contributed by atoms with van der Waals surface area (Å²) in [6.07, 6.45) is 0. The predicted molar refractivity (Wildman–Crippen MR) is 96.2 cm³/mol. The quantitative estimate of drug-likeness (QED) is 0.559. The van der Waals surface area contributed by atoms with E-state index in [0.29, 0.717) is 34.4 Å². The zero-order valence-electron chi connectivity index (χ0n) is 13.6. The molecule has 0 radical (unpaired) electrons. The van der Waals surface area contributed by atoms with Crippen molar-refractivity contribution in [1.29, 1.82) is 0 Å². The fourth-order valence-electron chi connectivity index (χ4n) is 2.17. The summed E-state index contributed by atoms with van der Waals surface area (Å²) in [5.41, 5.74) is 4.69. The third-order valence-electron chi connectivity index (χ3n) is 3.34. The fourth-order valence-corrected chi connectivity index (χ4v) is 2.17.